The molecule has 23 N–H and O–H groups in total. The van der Waals surface area contributed by atoms with Crippen LogP contribution in [0.1, 0.15) is 119 Å². The summed E-state index contributed by atoms with van der Waals surface area (Å²) >= 11 is 0. The first-order valence-electron chi connectivity index (χ1n) is 24.1. The molecule has 10 amide bonds. The second-order valence-corrected chi connectivity index (χ2v) is 17.9. The monoisotopic (exact) mass is 1030 g/mol. The minimum absolute atomic E-state index is 0.00885. The lowest BCUT2D eigenvalue weighted by atomic mass is 9.98. The third-order valence-electron chi connectivity index (χ3n) is 11.4. The zero-order valence-electron chi connectivity index (χ0n) is 42.4. The van der Waals surface area contributed by atoms with E-state index in [1.807, 2.05) is 6.92 Å². The molecule has 0 aliphatic carbocycles. The summed E-state index contributed by atoms with van der Waals surface area (Å²) in [4.78, 5) is 147. The first-order valence-corrected chi connectivity index (χ1v) is 24.1. The van der Waals surface area contributed by atoms with Crippen molar-refractivity contribution in [3.63, 3.8) is 0 Å². The number of carbonyl (C=O) groups excluding carboxylic acids is 10. The number of hydrogen-bond donors (Lipinski definition) is 16. The molecule has 0 saturated carbocycles. The van der Waals surface area contributed by atoms with Gasteiger partial charge in [0.15, 0.2) is 5.96 Å². The number of nitrogens with zero attached hydrogens (tertiary/aromatic N) is 1. The third kappa shape index (κ3) is 26.0. The number of amides is 10. The van der Waals surface area contributed by atoms with E-state index in [0.717, 1.165) is 0 Å². The zero-order valence-corrected chi connectivity index (χ0v) is 42.4. The molecule has 72 heavy (non-hydrogen) atoms. The maximum atomic E-state index is 13.8. The molecule has 0 aromatic rings. The molecule has 410 valence electrons. The highest BCUT2D eigenvalue weighted by atomic mass is 16.4. The Hall–Kier alpha value is -6.68. The lowest BCUT2D eigenvalue weighted by Crippen LogP contribution is -2.60. The summed E-state index contributed by atoms with van der Waals surface area (Å²) in [5, 5.41) is 29.2. The Morgan fingerprint density at radius 3 is 1.36 bits per heavy atom. The highest BCUT2D eigenvalue weighted by Gasteiger charge is 2.35. The Balaban J connectivity index is 6.33. The van der Waals surface area contributed by atoms with Gasteiger partial charge in [0.1, 0.15) is 48.3 Å². The smallest absolute Gasteiger partial charge is 0.326 e. The molecular weight excluding hydrogens is 945 g/mol. The average molecular weight is 1030 g/mol. The van der Waals surface area contributed by atoms with Crippen molar-refractivity contribution in [2.75, 3.05) is 19.6 Å². The minimum Gasteiger partial charge on any atom is -0.480 e. The quantitative estimate of drug-likeness (QED) is 0.0157. The van der Waals surface area contributed by atoms with Crippen LogP contribution in [0.25, 0.3) is 0 Å². The summed E-state index contributed by atoms with van der Waals surface area (Å²) in [5.74, 6) is -11.2. The first kappa shape index (κ1) is 65.3. The van der Waals surface area contributed by atoms with Crippen molar-refractivity contribution in [2.24, 2.45) is 57.0 Å². The van der Waals surface area contributed by atoms with Crippen molar-refractivity contribution >= 4 is 71.0 Å². The van der Waals surface area contributed by atoms with Gasteiger partial charge in [0.2, 0.25) is 59.1 Å². The van der Waals surface area contributed by atoms with Crippen molar-refractivity contribution in [1.29, 1.82) is 0 Å². The number of carboxylic acids is 1. The lowest BCUT2D eigenvalue weighted by molar-refractivity contribution is -0.142. The van der Waals surface area contributed by atoms with Gasteiger partial charge < -0.3 is 87.8 Å². The Kier molecular flexibility index (Phi) is 31.4. The molecule has 10 atom stereocenters. The molecular formula is C44H82N16O12. The summed E-state index contributed by atoms with van der Waals surface area (Å²) in [6, 6.07) is -12.1. The van der Waals surface area contributed by atoms with Gasteiger partial charge in [-0.3, -0.25) is 52.9 Å². The Labute approximate surface area is 420 Å². The minimum atomic E-state index is -1.72. The van der Waals surface area contributed by atoms with Crippen LogP contribution in [0.15, 0.2) is 4.99 Å². The average Bonchev–Trinajstić information content (AvgIpc) is 3.30. The van der Waals surface area contributed by atoms with Crippen LogP contribution in [0.3, 0.4) is 0 Å². The number of unbranched alkanes of at least 4 members (excludes halogenated alkanes) is 2. The van der Waals surface area contributed by atoms with Gasteiger partial charge in [-0.05, 0) is 96.6 Å². The van der Waals surface area contributed by atoms with Crippen molar-refractivity contribution in [3.05, 3.63) is 0 Å². The fourth-order valence-electron chi connectivity index (χ4n) is 6.71. The van der Waals surface area contributed by atoms with Gasteiger partial charge in [-0.25, -0.2) is 4.79 Å². The molecule has 0 aliphatic heterocycles. The maximum Gasteiger partial charge on any atom is 0.326 e. The predicted molar refractivity (Wildman–Crippen MR) is 265 cm³/mol. The number of carboxylic acid groups (broad SMARTS) is 1. The molecule has 0 saturated heterocycles. The van der Waals surface area contributed by atoms with Gasteiger partial charge in [-0.2, -0.15) is 0 Å². The molecule has 0 aromatic heterocycles. The molecule has 0 heterocycles. The highest BCUT2D eigenvalue weighted by Crippen LogP contribution is 2.11. The molecule has 0 radical (unpaired) electrons. The number of nitrogens with two attached hydrogens (primary N) is 7. The number of aliphatic imine (C=N–C) groups is 1. The molecule has 0 aliphatic rings. The predicted octanol–water partition coefficient (Wildman–Crippen LogP) is -5.53. The van der Waals surface area contributed by atoms with Gasteiger partial charge in [0.05, 0.1) is 12.5 Å². The van der Waals surface area contributed by atoms with Gasteiger partial charge in [0.25, 0.3) is 0 Å². The van der Waals surface area contributed by atoms with Crippen LogP contribution in [0.4, 0.5) is 0 Å². The van der Waals surface area contributed by atoms with E-state index in [0.29, 0.717) is 38.6 Å². The fraction of sp³-hybridized carbons (Fsp3) is 0.727. The molecule has 0 fully saturated rings. The summed E-state index contributed by atoms with van der Waals surface area (Å²) in [6.45, 7) is 9.96. The van der Waals surface area contributed by atoms with Crippen LogP contribution < -0.4 is 82.7 Å². The van der Waals surface area contributed by atoms with Gasteiger partial charge in [-0.15, -0.1) is 0 Å². The SMILES string of the molecule is CC[C@H](C)[C@H](N)C(=O)N[C@@H](CCCN=C(N)N)C(=O)N[C@@H](CCC(N)=O)C(=O)N[C@@H](C)C(=O)N[C@@H](CC(N)=O)C(=O)N[C@@H](CCCCN)C(=O)N[C@H](C(=O)N[C@@H](C)C(=O)N[C@@H](CCCCN)C(=O)O)C(C)C. The van der Waals surface area contributed by atoms with Crippen LogP contribution in [0.2, 0.25) is 0 Å². The number of aliphatic carboxylic acids is 1. The molecule has 0 spiro atoms. The van der Waals surface area contributed by atoms with E-state index in [1.54, 1.807) is 20.8 Å². The number of rotatable bonds is 37. The van der Waals surface area contributed by atoms with Gasteiger partial charge in [-0.1, -0.05) is 34.1 Å². The number of nitrogens with one attached hydrogen (secondary N) is 8. The molecule has 0 aromatic carbocycles. The second kappa shape index (κ2) is 34.6. The van der Waals surface area contributed by atoms with Crippen LogP contribution in [0, 0.1) is 11.8 Å². The van der Waals surface area contributed by atoms with E-state index in [1.165, 1.54) is 13.8 Å². The highest BCUT2D eigenvalue weighted by molar-refractivity contribution is 5.99. The Bertz CT molecular complexity index is 1870. The van der Waals surface area contributed by atoms with E-state index in [-0.39, 0.29) is 57.1 Å². The maximum absolute atomic E-state index is 13.8. The van der Waals surface area contributed by atoms with Crippen LogP contribution in [-0.2, 0) is 52.7 Å². The number of carbonyl (C=O) groups is 11. The van der Waals surface area contributed by atoms with Gasteiger partial charge >= 0.3 is 5.97 Å². The van der Waals surface area contributed by atoms with Crippen molar-refractivity contribution in [3.8, 4) is 0 Å². The van der Waals surface area contributed by atoms with E-state index in [2.05, 4.69) is 47.5 Å². The number of primary amides is 2. The second-order valence-electron chi connectivity index (χ2n) is 17.9. The normalized spacial score (nSPS) is 15.2. The molecule has 28 nitrogen and oxygen atoms in total. The lowest BCUT2D eigenvalue weighted by Gasteiger charge is -2.28. The molecule has 28 heteroatoms. The Morgan fingerprint density at radius 1 is 0.486 bits per heavy atom. The third-order valence-corrected chi connectivity index (χ3v) is 11.4. The van der Waals surface area contributed by atoms with E-state index in [9.17, 15) is 57.8 Å². The summed E-state index contributed by atoms with van der Waals surface area (Å²) in [5.41, 5.74) is 38.8. The molecule has 0 rings (SSSR count). The van der Waals surface area contributed by atoms with E-state index >= 15 is 0 Å². The standard InChI is InChI=1S/C44H82N16O12/c1-7-23(4)33(49)41(69)57-27(15-12-20-52-44(50)51)38(66)56-28(16-17-31(47)61)37(65)53-24(5)36(64)59-30(21-32(48)62)40(68)55-26(13-8-10-18-45)39(67)60-34(22(2)3)42(70)54-25(6)35(63)58-29(43(71)72)14-9-11-19-46/h22-30,33-34H,7-21,45-46,49H2,1-6H3,(H2,47,61)(H2,48,62)(H,53,65)(H,54,70)(H,55,68)(H,56,66)(H,57,69)(H,58,63)(H,59,64)(H,60,67)(H,71,72)(H4,50,51,52)/t23-,24-,25-,26-,27-,28-,29-,30-,33-,34-/m0/s1. The van der Waals surface area contributed by atoms with E-state index in [4.69, 9.17) is 40.1 Å². The summed E-state index contributed by atoms with van der Waals surface area (Å²) in [7, 11) is 0. The van der Waals surface area contributed by atoms with Crippen molar-refractivity contribution in [1.82, 2.24) is 42.5 Å². The first-order chi connectivity index (χ1) is 33.7. The largest absolute Gasteiger partial charge is 0.480 e. The number of guanidine groups is 1. The molecule has 0 bridgehead atoms. The van der Waals surface area contributed by atoms with Crippen LogP contribution in [-0.4, -0.2) is 150 Å². The number of hydrogen-bond acceptors (Lipinski definition) is 15. The summed E-state index contributed by atoms with van der Waals surface area (Å²) < 4.78 is 0. The van der Waals surface area contributed by atoms with Crippen LogP contribution in [0.5, 0.6) is 0 Å². The van der Waals surface area contributed by atoms with Crippen molar-refractivity contribution in [2.45, 2.75) is 173 Å². The van der Waals surface area contributed by atoms with E-state index < -0.39 is 138 Å². The van der Waals surface area contributed by atoms with Gasteiger partial charge in [0, 0.05) is 13.0 Å². The fourth-order valence-corrected chi connectivity index (χ4v) is 6.71. The zero-order chi connectivity index (χ0) is 55.2. The topological polar surface area (TPSA) is 499 Å². The van der Waals surface area contributed by atoms with Crippen LogP contribution >= 0.6 is 0 Å². The summed E-state index contributed by atoms with van der Waals surface area (Å²) in [6.07, 6.45) is 0.964. The Morgan fingerprint density at radius 2 is 0.903 bits per heavy atom. The molecule has 0 unspecified atom stereocenters. The van der Waals surface area contributed by atoms with Crippen molar-refractivity contribution < 1.29 is 57.8 Å².